The summed E-state index contributed by atoms with van der Waals surface area (Å²) in [6, 6.07) is 30.0. The fraction of sp³-hybridized carbons (Fsp3) is 0. The van der Waals surface area contributed by atoms with Crippen LogP contribution < -0.4 is 5.43 Å². The minimum absolute atomic E-state index is 0.342. The minimum atomic E-state index is -0.342. The Labute approximate surface area is 173 Å². The van der Waals surface area contributed by atoms with Gasteiger partial charge in [0.25, 0.3) is 5.91 Å². The van der Waals surface area contributed by atoms with Gasteiger partial charge in [-0.3, -0.25) is 9.89 Å². The molecule has 5 aromatic rings. The lowest BCUT2D eigenvalue weighted by atomic mass is 10.1. The van der Waals surface area contributed by atoms with Crippen molar-refractivity contribution in [1.29, 1.82) is 0 Å². The van der Waals surface area contributed by atoms with Crippen molar-refractivity contribution in [2.75, 3.05) is 0 Å². The van der Waals surface area contributed by atoms with Gasteiger partial charge < -0.3 is 0 Å². The zero-order valence-electron chi connectivity index (χ0n) is 16.0. The molecule has 5 rings (SSSR count). The van der Waals surface area contributed by atoms with Gasteiger partial charge in [-0.1, -0.05) is 78.9 Å². The van der Waals surface area contributed by atoms with E-state index in [1.807, 2.05) is 66.7 Å². The molecule has 144 valence electrons. The molecule has 0 radical (unpaired) electrons. The molecule has 1 amide bonds. The van der Waals surface area contributed by atoms with Crippen LogP contribution in [0.1, 0.15) is 16.1 Å². The highest BCUT2D eigenvalue weighted by molar-refractivity contribution is 6.00. The van der Waals surface area contributed by atoms with Gasteiger partial charge >= 0.3 is 0 Å². The van der Waals surface area contributed by atoms with Crippen LogP contribution >= 0.6 is 0 Å². The van der Waals surface area contributed by atoms with Crippen LogP contribution in [-0.4, -0.2) is 22.3 Å². The van der Waals surface area contributed by atoms with Crippen LogP contribution in [0.3, 0.4) is 0 Å². The quantitative estimate of drug-likeness (QED) is 0.329. The number of benzene rings is 4. The molecule has 0 fully saturated rings. The Bertz CT molecular complexity index is 1400. The molecule has 1 aromatic heterocycles. The Hall–Kier alpha value is -4.25. The molecule has 0 spiro atoms. The van der Waals surface area contributed by atoms with E-state index < -0.39 is 0 Å². The van der Waals surface area contributed by atoms with Crippen molar-refractivity contribution in [1.82, 2.24) is 15.6 Å². The molecule has 1 heterocycles. The van der Waals surface area contributed by atoms with E-state index in [2.05, 4.69) is 38.9 Å². The van der Waals surface area contributed by atoms with Gasteiger partial charge in [-0.25, -0.2) is 5.43 Å². The Morgan fingerprint density at radius 1 is 0.833 bits per heavy atom. The van der Waals surface area contributed by atoms with Gasteiger partial charge in [-0.15, -0.1) is 0 Å². The maximum Gasteiger partial charge on any atom is 0.289 e. The average molecular weight is 390 g/mol. The predicted molar refractivity (Wildman–Crippen MR) is 121 cm³/mol. The molecule has 5 heteroatoms. The van der Waals surface area contributed by atoms with Crippen molar-refractivity contribution in [2.45, 2.75) is 0 Å². The van der Waals surface area contributed by atoms with E-state index >= 15 is 0 Å². The molecule has 0 aliphatic heterocycles. The number of aromatic amines is 1. The van der Waals surface area contributed by atoms with Crippen molar-refractivity contribution in [3.8, 4) is 11.3 Å². The van der Waals surface area contributed by atoms with Crippen LogP contribution in [0.2, 0.25) is 0 Å². The maximum atomic E-state index is 12.5. The van der Waals surface area contributed by atoms with Crippen LogP contribution in [-0.2, 0) is 0 Å². The summed E-state index contributed by atoms with van der Waals surface area (Å²) in [4.78, 5) is 12.5. The molecule has 0 bridgehead atoms. The Kier molecular flexibility index (Phi) is 4.54. The van der Waals surface area contributed by atoms with E-state index in [4.69, 9.17) is 0 Å². The molecule has 5 nitrogen and oxygen atoms in total. The van der Waals surface area contributed by atoms with Crippen molar-refractivity contribution >= 4 is 33.7 Å². The smallest absolute Gasteiger partial charge is 0.272 e. The number of carbonyl (C=O) groups is 1. The molecule has 0 aliphatic rings. The van der Waals surface area contributed by atoms with Gasteiger partial charge in [0.15, 0.2) is 0 Å². The third-order valence-corrected chi connectivity index (χ3v) is 5.06. The summed E-state index contributed by atoms with van der Waals surface area (Å²) in [5, 5.41) is 15.7. The number of carbonyl (C=O) groups excluding carboxylic acids is 1. The van der Waals surface area contributed by atoms with Crippen molar-refractivity contribution in [2.24, 2.45) is 5.10 Å². The molecule has 30 heavy (non-hydrogen) atoms. The normalized spacial score (nSPS) is 11.3. The molecule has 0 atom stereocenters. The monoisotopic (exact) mass is 390 g/mol. The van der Waals surface area contributed by atoms with E-state index in [-0.39, 0.29) is 5.91 Å². The number of H-pyrrole nitrogens is 1. The first-order valence-corrected chi connectivity index (χ1v) is 9.64. The number of amides is 1. The Balaban J connectivity index is 1.33. The van der Waals surface area contributed by atoms with E-state index in [1.165, 1.54) is 0 Å². The lowest BCUT2D eigenvalue weighted by Gasteiger charge is -2.01. The Morgan fingerprint density at radius 3 is 2.50 bits per heavy atom. The van der Waals surface area contributed by atoms with Gasteiger partial charge in [0.05, 0.1) is 11.9 Å². The molecule has 0 saturated carbocycles. The molecular formula is C25H18N4O. The second kappa shape index (κ2) is 7.64. The third kappa shape index (κ3) is 3.44. The van der Waals surface area contributed by atoms with Crippen LogP contribution in [0.25, 0.3) is 32.8 Å². The second-order valence-electron chi connectivity index (χ2n) is 7.00. The number of nitrogens with one attached hydrogen (secondary N) is 2. The van der Waals surface area contributed by atoms with Crippen molar-refractivity contribution in [3.05, 3.63) is 102 Å². The number of hydrogen-bond acceptors (Lipinski definition) is 3. The first kappa shape index (κ1) is 17.8. The lowest BCUT2D eigenvalue weighted by molar-refractivity contribution is 0.0950. The van der Waals surface area contributed by atoms with E-state index in [1.54, 1.807) is 12.3 Å². The van der Waals surface area contributed by atoms with E-state index in [0.717, 1.165) is 32.7 Å². The molecular weight excluding hydrogens is 372 g/mol. The second-order valence-corrected chi connectivity index (χ2v) is 7.00. The fourth-order valence-electron chi connectivity index (χ4n) is 3.52. The van der Waals surface area contributed by atoms with Gasteiger partial charge in [0, 0.05) is 11.1 Å². The highest BCUT2D eigenvalue weighted by Gasteiger charge is 2.11. The lowest BCUT2D eigenvalue weighted by Crippen LogP contribution is -2.18. The molecule has 0 unspecified atom stereocenters. The van der Waals surface area contributed by atoms with Crippen LogP contribution in [0.4, 0.5) is 0 Å². The summed E-state index contributed by atoms with van der Waals surface area (Å²) in [5.74, 6) is -0.342. The highest BCUT2D eigenvalue weighted by atomic mass is 16.2. The SMILES string of the molecule is O=C(N/N=C/c1cccc2ccccc12)c1cc(-c2ccc3ccccc3c2)n[nH]1. The summed E-state index contributed by atoms with van der Waals surface area (Å²) < 4.78 is 0. The van der Waals surface area contributed by atoms with E-state index in [0.29, 0.717) is 11.4 Å². The predicted octanol–water partition coefficient (Wildman–Crippen LogP) is 5.15. The van der Waals surface area contributed by atoms with Gasteiger partial charge in [-0.2, -0.15) is 10.2 Å². The van der Waals surface area contributed by atoms with Crippen LogP contribution in [0.15, 0.2) is 96.1 Å². The third-order valence-electron chi connectivity index (χ3n) is 5.06. The molecule has 0 saturated heterocycles. The summed E-state index contributed by atoms with van der Waals surface area (Å²) in [7, 11) is 0. The van der Waals surface area contributed by atoms with E-state index in [9.17, 15) is 4.79 Å². The number of hydrazone groups is 1. The first-order valence-electron chi connectivity index (χ1n) is 9.64. The number of fused-ring (bicyclic) bond motifs is 2. The standard InChI is InChI=1S/C25H18N4O/c30-25(29-26-16-21-10-5-9-18-7-3-4-11-22(18)21)24-15-23(27-28-24)20-13-12-17-6-1-2-8-19(17)14-20/h1-16H,(H,27,28)(H,29,30)/b26-16+. The maximum absolute atomic E-state index is 12.5. The Morgan fingerprint density at radius 2 is 1.60 bits per heavy atom. The number of aromatic nitrogens is 2. The fourth-order valence-corrected chi connectivity index (χ4v) is 3.52. The number of hydrogen-bond donors (Lipinski definition) is 2. The summed E-state index contributed by atoms with van der Waals surface area (Å²) in [5.41, 5.74) is 5.52. The largest absolute Gasteiger partial charge is 0.289 e. The summed E-state index contributed by atoms with van der Waals surface area (Å²) in [6.45, 7) is 0. The summed E-state index contributed by atoms with van der Waals surface area (Å²) >= 11 is 0. The number of rotatable bonds is 4. The first-order chi connectivity index (χ1) is 14.8. The van der Waals surface area contributed by atoms with Crippen molar-refractivity contribution in [3.63, 3.8) is 0 Å². The van der Waals surface area contributed by atoms with Gasteiger partial charge in [-0.05, 0) is 33.7 Å². The summed E-state index contributed by atoms with van der Waals surface area (Å²) in [6.07, 6.45) is 1.65. The molecule has 0 aliphatic carbocycles. The zero-order chi connectivity index (χ0) is 20.3. The number of nitrogens with zero attached hydrogens (tertiary/aromatic N) is 2. The average Bonchev–Trinajstić information content (AvgIpc) is 3.29. The molecule has 4 aromatic carbocycles. The van der Waals surface area contributed by atoms with Gasteiger partial charge in [0.2, 0.25) is 0 Å². The van der Waals surface area contributed by atoms with Crippen molar-refractivity contribution < 1.29 is 4.79 Å². The van der Waals surface area contributed by atoms with Gasteiger partial charge in [0.1, 0.15) is 5.69 Å². The van der Waals surface area contributed by atoms with Crippen LogP contribution in [0.5, 0.6) is 0 Å². The highest BCUT2D eigenvalue weighted by Crippen LogP contribution is 2.23. The zero-order valence-corrected chi connectivity index (χ0v) is 16.0. The van der Waals surface area contributed by atoms with Crippen LogP contribution in [0, 0.1) is 0 Å². The topological polar surface area (TPSA) is 70.1 Å². The minimum Gasteiger partial charge on any atom is -0.272 e. The molecule has 2 N–H and O–H groups in total.